The summed E-state index contributed by atoms with van der Waals surface area (Å²) in [7, 11) is 1.40. The summed E-state index contributed by atoms with van der Waals surface area (Å²) in [5.74, 6) is 0.157. The SMILES string of the molecule is CC/C=C/CC1/C(=N\NC(N)=O)CCC1CC(=O)OC. The minimum atomic E-state index is -0.670. The summed E-state index contributed by atoms with van der Waals surface area (Å²) in [5.41, 5.74) is 8.21. The maximum atomic E-state index is 11.4. The summed E-state index contributed by atoms with van der Waals surface area (Å²) in [5, 5.41) is 4.07. The van der Waals surface area contributed by atoms with E-state index < -0.39 is 6.03 Å². The lowest BCUT2D eigenvalue weighted by atomic mass is 9.89. The third-order valence-corrected chi connectivity index (χ3v) is 3.53. The molecule has 2 atom stereocenters. The predicted molar refractivity (Wildman–Crippen MR) is 77.0 cm³/mol. The summed E-state index contributed by atoms with van der Waals surface area (Å²) in [6.45, 7) is 2.07. The molecule has 2 unspecified atom stereocenters. The molecule has 0 aromatic carbocycles. The Hall–Kier alpha value is -1.85. The van der Waals surface area contributed by atoms with Crippen LogP contribution in [-0.4, -0.2) is 24.8 Å². The zero-order valence-electron chi connectivity index (χ0n) is 12.1. The molecule has 1 saturated carbocycles. The number of nitrogens with two attached hydrogens (primary N) is 1. The molecule has 1 rings (SSSR count). The van der Waals surface area contributed by atoms with Crippen molar-refractivity contribution < 1.29 is 14.3 Å². The molecule has 0 spiro atoms. The van der Waals surface area contributed by atoms with Gasteiger partial charge in [0, 0.05) is 18.1 Å². The highest BCUT2D eigenvalue weighted by Gasteiger charge is 2.33. The first kappa shape index (κ1) is 16.2. The second-order valence-corrected chi connectivity index (χ2v) is 4.88. The number of allylic oxidation sites excluding steroid dienone is 2. The van der Waals surface area contributed by atoms with Crippen molar-refractivity contribution in [1.82, 2.24) is 5.43 Å². The zero-order valence-corrected chi connectivity index (χ0v) is 12.1. The highest BCUT2D eigenvalue weighted by molar-refractivity contribution is 5.90. The minimum absolute atomic E-state index is 0.156. The molecule has 0 aromatic rings. The largest absolute Gasteiger partial charge is 0.469 e. The van der Waals surface area contributed by atoms with Crippen LogP contribution >= 0.6 is 0 Å². The fraction of sp³-hybridized carbons (Fsp3) is 0.643. The number of primary amides is 1. The van der Waals surface area contributed by atoms with Gasteiger partial charge in [0.2, 0.25) is 0 Å². The molecule has 0 heterocycles. The summed E-state index contributed by atoms with van der Waals surface area (Å²) >= 11 is 0. The van der Waals surface area contributed by atoms with Gasteiger partial charge in [0.15, 0.2) is 0 Å². The zero-order chi connectivity index (χ0) is 15.0. The molecular weight excluding hydrogens is 258 g/mol. The van der Waals surface area contributed by atoms with Crippen LogP contribution in [0.1, 0.15) is 39.0 Å². The number of hydrazone groups is 1. The van der Waals surface area contributed by atoms with E-state index in [0.29, 0.717) is 6.42 Å². The predicted octanol–water partition coefficient (Wildman–Crippen LogP) is 1.96. The molecule has 6 heteroatoms. The van der Waals surface area contributed by atoms with E-state index >= 15 is 0 Å². The fourth-order valence-electron chi connectivity index (χ4n) is 2.54. The van der Waals surface area contributed by atoms with E-state index in [1.165, 1.54) is 7.11 Å². The van der Waals surface area contributed by atoms with E-state index in [9.17, 15) is 9.59 Å². The Balaban J connectivity index is 2.74. The Kier molecular flexibility index (Phi) is 6.76. The topological polar surface area (TPSA) is 93.8 Å². The van der Waals surface area contributed by atoms with Gasteiger partial charge in [-0.3, -0.25) is 4.79 Å². The maximum absolute atomic E-state index is 11.4. The molecule has 20 heavy (non-hydrogen) atoms. The standard InChI is InChI=1S/C14H23N3O3/c1-3-4-5-6-11-10(9-13(18)20-2)7-8-12(11)16-17-14(15)19/h4-5,10-11H,3,6-9H2,1-2H3,(H3,15,17,19)/b5-4+,16-12-. The van der Waals surface area contributed by atoms with Crippen LogP contribution in [-0.2, 0) is 9.53 Å². The minimum Gasteiger partial charge on any atom is -0.469 e. The number of amides is 2. The molecule has 0 radical (unpaired) electrons. The van der Waals surface area contributed by atoms with Crippen molar-refractivity contribution in [3.63, 3.8) is 0 Å². The van der Waals surface area contributed by atoms with Crippen molar-refractivity contribution in [3.8, 4) is 0 Å². The first-order valence-electron chi connectivity index (χ1n) is 6.92. The highest BCUT2D eigenvalue weighted by Crippen LogP contribution is 2.35. The van der Waals surface area contributed by atoms with Crippen molar-refractivity contribution in [3.05, 3.63) is 12.2 Å². The molecule has 1 aliphatic rings. The van der Waals surface area contributed by atoms with Crippen LogP contribution in [0.3, 0.4) is 0 Å². The Labute approximate surface area is 119 Å². The Morgan fingerprint density at radius 2 is 2.25 bits per heavy atom. The van der Waals surface area contributed by atoms with E-state index in [1.54, 1.807) is 0 Å². The smallest absolute Gasteiger partial charge is 0.332 e. The molecular formula is C14H23N3O3. The van der Waals surface area contributed by atoms with E-state index in [-0.39, 0.29) is 17.8 Å². The number of nitrogens with one attached hydrogen (secondary N) is 1. The molecule has 0 aliphatic heterocycles. The summed E-state index contributed by atoms with van der Waals surface area (Å²) in [6.07, 6.45) is 8.00. The quantitative estimate of drug-likeness (QED) is 0.442. The van der Waals surface area contributed by atoms with Gasteiger partial charge in [-0.2, -0.15) is 5.10 Å². The van der Waals surface area contributed by atoms with Crippen molar-refractivity contribution in [2.75, 3.05) is 7.11 Å². The number of esters is 1. The average molecular weight is 281 g/mol. The van der Waals surface area contributed by atoms with Crippen molar-refractivity contribution in [2.24, 2.45) is 22.7 Å². The average Bonchev–Trinajstić information content (AvgIpc) is 2.79. The maximum Gasteiger partial charge on any atom is 0.332 e. The van der Waals surface area contributed by atoms with Crippen molar-refractivity contribution >= 4 is 17.7 Å². The molecule has 2 amide bonds. The molecule has 112 valence electrons. The van der Waals surface area contributed by atoms with Gasteiger partial charge in [-0.15, -0.1) is 0 Å². The Bertz CT molecular complexity index is 404. The van der Waals surface area contributed by atoms with Crippen LogP contribution in [0, 0.1) is 11.8 Å². The van der Waals surface area contributed by atoms with Crippen LogP contribution < -0.4 is 11.2 Å². The fourth-order valence-corrected chi connectivity index (χ4v) is 2.54. The van der Waals surface area contributed by atoms with Crippen LogP contribution in [0.25, 0.3) is 0 Å². The lowest BCUT2D eigenvalue weighted by molar-refractivity contribution is -0.141. The lowest BCUT2D eigenvalue weighted by Gasteiger charge is -2.17. The molecule has 0 aromatic heterocycles. The van der Waals surface area contributed by atoms with Crippen LogP contribution in [0.2, 0.25) is 0 Å². The lowest BCUT2D eigenvalue weighted by Crippen LogP contribution is -2.27. The second-order valence-electron chi connectivity index (χ2n) is 4.88. The van der Waals surface area contributed by atoms with Crippen molar-refractivity contribution in [2.45, 2.75) is 39.0 Å². The summed E-state index contributed by atoms with van der Waals surface area (Å²) in [6, 6.07) is -0.670. The number of nitrogens with zero attached hydrogens (tertiary/aromatic N) is 1. The third-order valence-electron chi connectivity index (χ3n) is 3.53. The highest BCUT2D eigenvalue weighted by atomic mass is 16.5. The number of rotatable bonds is 6. The Morgan fingerprint density at radius 3 is 2.85 bits per heavy atom. The first-order chi connectivity index (χ1) is 9.58. The molecule has 0 saturated heterocycles. The number of carbonyl (C=O) groups is 2. The van der Waals surface area contributed by atoms with Crippen LogP contribution in [0.4, 0.5) is 4.79 Å². The van der Waals surface area contributed by atoms with Gasteiger partial charge in [0.05, 0.1) is 7.11 Å². The van der Waals surface area contributed by atoms with Gasteiger partial charge >= 0.3 is 12.0 Å². The Morgan fingerprint density at radius 1 is 1.50 bits per heavy atom. The molecule has 1 fully saturated rings. The molecule has 3 N–H and O–H groups in total. The second kappa shape index (κ2) is 8.35. The van der Waals surface area contributed by atoms with Gasteiger partial charge in [-0.25, -0.2) is 10.2 Å². The van der Waals surface area contributed by atoms with E-state index in [2.05, 4.69) is 29.6 Å². The van der Waals surface area contributed by atoms with Crippen molar-refractivity contribution in [1.29, 1.82) is 0 Å². The van der Waals surface area contributed by atoms with Gasteiger partial charge < -0.3 is 10.5 Å². The normalized spacial score (nSPS) is 24.2. The van der Waals surface area contributed by atoms with Crippen LogP contribution in [0.15, 0.2) is 17.3 Å². The number of methoxy groups -OCH3 is 1. The third kappa shape index (κ3) is 5.03. The van der Waals surface area contributed by atoms with Gasteiger partial charge in [0.1, 0.15) is 0 Å². The number of urea groups is 1. The first-order valence-corrected chi connectivity index (χ1v) is 6.92. The van der Waals surface area contributed by atoms with E-state index in [1.807, 2.05) is 0 Å². The summed E-state index contributed by atoms with van der Waals surface area (Å²) < 4.78 is 4.73. The molecule has 0 bridgehead atoms. The monoisotopic (exact) mass is 281 g/mol. The number of ether oxygens (including phenoxy) is 1. The van der Waals surface area contributed by atoms with Crippen LogP contribution in [0.5, 0.6) is 0 Å². The number of hydrogen-bond acceptors (Lipinski definition) is 4. The van der Waals surface area contributed by atoms with Gasteiger partial charge in [-0.1, -0.05) is 19.1 Å². The van der Waals surface area contributed by atoms with E-state index in [0.717, 1.165) is 31.4 Å². The summed E-state index contributed by atoms with van der Waals surface area (Å²) in [4.78, 5) is 22.2. The van der Waals surface area contributed by atoms with Gasteiger partial charge in [0.25, 0.3) is 0 Å². The molecule has 1 aliphatic carbocycles. The van der Waals surface area contributed by atoms with E-state index in [4.69, 9.17) is 10.5 Å². The molecule has 6 nitrogen and oxygen atoms in total. The number of hydrogen-bond donors (Lipinski definition) is 2. The van der Waals surface area contributed by atoms with Gasteiger partial charge in [-0.05, 0) is 31.6 Å². The number of carbonyl (C=O) groups excluding carboxylic acids is 2.